The molecule has 118 valence electrons. The molecule has 3 heteroatoms. The van der Waals surface area contributed by atoms with Gasteiger partial charge in [0.05, 0.1) is 0 Å². The molecule has 1 atom stereocenters. The van der Waals surface area contributed by atoms with Crippen LogP contribution in [0.3, 0.4) is 0 Å². The fourth-order valence-corrected chi connectivity index (χ4v) is 3.09. The molecule has 0 spiro atoms. The summed E-state index contributed by atoms with van der Waals surface area (Å²) in [5.74, 6) is 0. The highest BCUT2D eigenvalue weighted by Crippen LogP contribution is 2.25. The zero-order chi connectivity index (χ0) is 15.1. The Hall–Kier alpha value is -1.06. The molecule has 0 saturated carbocycles. The van der Waals surface area contributed by atoms with E-state index in [0.717, 1.165) is 13.1 Å². The van der Waals surface area contributed by atoms with Crippen LogP contribution in [0.2, 0.25) is 0 Å². The fourth-order valence-electron chi connectivity index (χ4n) is 3.09. The van der Waals surface area contributed by atoms with Crippen molar-refractivity contribution in [2.24, 2.45) is 0 Å². The minimum atomic E-state index is 0.412. The summed E-state index contributed by atoms with van der Waals surface area (Å²) in [6.07, 6.45) is 3.92. The normalized spacial score (nSPS) is 17.1. The highest BCUT2D eigenvalue weighted by molar-refractivity contribution is 5.54. The minimum absolute atomic E-state index is 0.412. The standard InChI is InChI=1S/C18H31N3/c1-4-11-19-16(2)17-9-5-6-10-18(17)20(3)14-15-21-12-7-8-13-21/h5-6,9-10,16,19H,4,7-8,11-15H2,1-3H3. The van der Waals surface area contributed by atoms with Gasteiger partial charge in [0, 0.05) is 31.9 Å². The van der Waals surface area contributed by atoms with Crippen LogP contribution in [0.15, 0.2) is 24.3 Å². The summed E-state index contributed by atoms with van der Waals surface area (Å²) in [4.78, 5) is 5.00. The van der Waals surface area contributed by atoms with Gasteiger partial charge in [0.25, 0.3) is 0 Å². The molecule has 2 rings (SSSR count). The molecular weight excluding hydrogens is 258 g/mol. The van der Waals surface area contributed by atoms with E-state index >= 15 is 0 Å². The maximum atomic E-state index is 3.60. The van der Waals surface area contributed by atoms with Crippen LogP contribution in [0.4, 0.5) is 5.69 Å². The van der Waals surface area contributed by atoms with Gasteiger partial charge in [-0.15, -0.1) is 0 Å². The van der Waals surface area contributed by atoms with Crippen LogP contribution in [-0.4, -0.2) is 44.7 Å². The summed E-state index contributed by atoms with van der Waals surface area (Å²) < 4.78 is 0. The maximum Gasteiger partial charge on any atom is 0.0412 e. The van der Waals surface area contributed by atoms with E-state index < -0.39 is 0 Å². The summed E-state index contributed by atoms with van der Waals surface area (Å²) in [5.41, 5.74) is 2.78. The molecule has 0 amide bonds. The number of likely N-dealkylation sites (N-methyl/N-ethyl adjacent to an activating group) is 1. The molecule has 0 aliphatic carbocycles. The third kappa shape index (κ3) is 4.72. The molecule has 0 radical (unpaired) electrons. The quantitative estimate of drug-likeness (QED) is 0.792. The molecule has 1 unspecified atom stereocenters. The van der Waals surface area contributed by atoms with E-state index in [-0.39, 0.29) is 0 Å². The largest absolute Gasteiger partial charge is 0.373 e. The molecule has 1 saturated heterocycles. The monoisotopic (exact) mass is 289 g/mol. The molecule has 0 aromatic heterocycles. The number of likely N-dealkylation sites (tertiary alicyclic amines) is 1. The topological polar surface area (TPSA) is 18.5 Å². The van der Waals surface area contributed by atoms with E-state index in [0.29, 0.717) is 6.04 Å². The van der Waals surface area contributed by atoms with Gasteiger partial charge in [-0.1, -0.05) is 25.1 Å². The number of para-hydroxylation sites is 1. The van der Waals surface area contributed by atoms with Crippen LogP contribution in [0.5, 0.6) is 0 Å². The number of benzene rings is 1. The lowest BCUT2D eigenvalue weighted by molar-refractivity contribution is 0.346. The Labute approximate surface area is 130 Å². The summed E-state index contributed by atoms with van der Waals surface area (Å²) in [6.45, 7) is 10.4. The lowest BCUT2D eigenvalue weighted by atomic mass is 10.1. The van der Waals surface area contributed by atoms with Gasteiger partial charge in [-0.3, -0.25) is 0 Å². The molecule has 3 nitrogen and oxygen atoms in total. The molecule has 1 fully saturated rings. The SMILES string of the molecule is CCCNC(C)c1ccccc1N(C)CCN1CCCC1. The first-order valence-electron chi connectivity index (χ1n) is 8.48. The molecule has 0 bridgehead atoms. The van der Waals surface area contributed by atoms with Crippen molar-refractivity contribution in [2.75, 3.05) is 44.7 Å². The van der Waals surface area contributed by atoms with Gasteiger partial charge in [-0.25, -0.2) is 0 Å². The average Bonchev–Trinajstić information content (AvgIpc) is 3.03. The highest BCUT2D eigenvalue weighted by Gasteiger charge is 2.15. The van der Waals surface area contributed by atoms with Crippen LogP contribution >= 0.6 is 0 Å². The smallest absolute Gasteiger partial charge is 0.0412 e. The van der Waals surface area contributed by atoms with Crippen molar-refractivity contribution < 1.29 is 0 Å². The third-order valence-corrected chi connectivity index (χ3v) is 4.47. The van der Waals surface area contributed by atoms with Gasteiger partial charge >= 0.3 is 0 Å². The predicted molar refractivity (Wildman–Crippen MR) is 92.1 cm³/mol. The van der Waals surface area contributed by atoms with E-state index in [1.54, 1.807) is 0 Å². The van der Waals surface area contributed by atoms with Crippen LogP contribution in [0, 0.1) is 0 Å². The number of hydrogen-bond acceptors (Lipinski definition) is 3. The second-order valence-electron chi connectivity index (χ2n) is 6.20. The van der Waals surface area contributed by atoms with E-state index in [9.17, 15) is 0 Å². The first-order chi connectivity index (χ1) is 10.2. The Morgan fingerprint density at radius 1 is 1.24 bits per heavy atom. The highest BCUT2D eigenvalue weighted by atomic mass is 15.2. The molecule has 1 aliphatic rings. The van der Waals surface area contributed by atoms with Gasteiger partial charge in [-0.05, 0) is 57.5 Å². The van der Waals surface area contributed by atoms with Gasteiger partial charge in [0.2, 0.25) is 0 Å². The van der Waals surface area contributed by atoms with E-state index in [1.165, 1.54) is 50.1 Å². The summed E-state index contributed by atoms with van der Waals surface area (Å²) in [7, 11) is 2.22. The van der Waals surface area contributed by atoms with E-state index in [4.69, 9.17) is 0 Å². The zero-order valence-corrected chi connectivity index (χ0v) is 13.9. The first-order valence-corrected chi connectivity index (χ1v) is 8.48. The summed E-state index contributed by atoms with van der Waals surface area (Å²) in [6, 6.07) is 9.23. The second kappa shape index (κ2) is 8.40. The van der Waals surface area contributed by atoms with Gasteiger partial charge < -0.3 is 15.1 Å². The Morgan fingerprint density at radius 2 is 1.95 bits per heavy atom. The van der Waals surface area contributed by atoms with Crippen LogP contribution in [0.25, 0.3) is 0 Å². The van der Waals surface area contributed by atoms with Crippen molar-refractivity contribution in [3.8, 4) is 0 Å². The number of anilines is 1. The lowest BCUT2D eigenvalue weighted by Gasteiger charge is -2.27. The number of nitrogens with one attached hydrogen (secondary N) is 1. The van der Waals surface area contributed by atoms with Crippen molar-refractivity contribution in [1.82, 2.24) is 10.2 Å². The first kappa shape index (κ1) is 16.3. The predicted octanol–water partition coefficient (Wildman–Crippen LogP) is 3.28. The second-order valence-corrected chi connectivity index (χ2v) is 6.20. The van der Waals surface area contributed by atoms with Crippen LogP contribution in [-0.2, 0) is 0 Å². The molecule has 1 aliphatic heterocycles. The van der Waals surface area contributed by atoms with Gasteiger partial charge in [0.1, 0.15) is 0 Å². The Balaban J connectivity index is 1.96. The molecule has 1 aromatic rings. The van der Waals surface area contributed by atoms with Crippen LogP contribution < -0.4 is 10.2 Å². The average molecular weight is 289 g/mol. The van der Waals surface area contributed by atoms with Crippen molar-refractivity contribution in [2.45, 2.75) is 39.2 Å². The molecule has 21 heavy (non-hydrogen) atoms. The number of hydrogen-bond donors (Lipinski definition) is 1. The summed E-state index contributed by atoms with van der Waals surface area (Å²) >= 11 is 0. The number of rotatable bonds is 8. The molecular formula is C18H31N3. The van der Waals surface area contributed by atoms with Crippen molar-refractivity contribution in [3.63, 3.8) is 0 Å². The van der Waals surface area contributed by atoms with Crippen molar-refractivity contribution in [3.05, 3.63) is 29.8 Å². The maximum absolute atomic E-state index is 3.60. The molecule has 1 heterocycles. The molecule has 1 aromatic carbocycles. The lowest BCUT2D eigenvalue weighted by Crippen LogP contribution is -2.32. The summed E-state index contributed by atoms with van der Waals surface area (Å²) in [5, 5.41) is 3.60. The van der Waals surface area contributed by atoms with E-state index in [2.05, 4.69) is 60.3 Å². The molecule has 1 N–H and O–H groups in total. The third-order valence-electron chi connectivity index (χ3n) is 4.47. The van der Waals surface area contributed by atoms with Crippen LogP contribution in [0.1, 0.15) is 44.7 Å². The zero-order valence-electron chi connectivity index (χ0n) is 13.9. The van der Waals surface area contributed by atoms with Gasteiger partial charge in [-0.2, -0.15) is 0 Å². The van der Waals surface area contributed by atoms with Crippen molar-refractivity contribution in [1.29, 1.82) is 0 Å². The van der Waals surface area contributed by atoms with Gasteiger partial charge in [0.15, 0.2) is 0 Å². The Bertz CT molecular complexity index is 413. The van der Waals surface area contributed by atoms with E-state index in [1.807, 2.05) is 0 Å². The van der Waals surface area contributed by atoms with Crippen molar-refractivity contribution >= 4 is 5.69 Å². The number of nitrogens with zero attached hydrogens (tertiary/aromatic N) is 2. The Kier molecular flexibility index (Phi) is 6.52. The Morgan fingerprint density at radius 3 is 2.67 bits per heavy atom. The fraction of sp³-hybridized carbons (Fsp3) is 0.667. The minimum Gasteiger partial charge on any atom is -0.373 e.